The van der Waals surface area contributed by atoms with E-state index in [4.69, 9.17) is 11.1 Å². The number of carbonyl (C=O) groups is 2. The summed E-state index contributed by atoms with van der Waals surface area (Å²) in [6.45, 7) is 3.17. The number of nitrogens with one attached hydrogen (secondary N) is 2. The molecule has 1 saturated heterocycles. The van der Waals surface area contributed by atoms with E-state index in [9.17, 15) is 9.59 Å². The van der Waals surface area contributed by atoms with Gasteiger partial charge in [0.2, 0.25) is 11.8 Å². The number of likely N-dealkylation sites (N-methyl/N-ethyl adjacent to an activating group) is 1. The van der Waals surface area contributed by atoms with Gasteiger partial charge < -0.3 is 26.3 Å². The number of aromatic nitrogens is 2. The minimum Gasteiger partial charge on any atom is -0.398 e. The summed E-state index contributed by atoms with van der Waals surface area (Å²) in [7, 11) is 3.54. The molecule has 1 fully saturated rings. The molecule has 5 rings (SSSR count). The smallest absolute Gasteiger partial charge is 0.236 e. The van der Waals surface area contributed by atoms with Gasteiger partial charge in [-0.1, -0.05) is 0 Å². The Labute approximate surface area is 220 Å². The standard InChI is InChI=1S/C26H32N8O2S/c1-32(2)22(35)14-33-7-9-34(10-8-33)26(36)16-3-5-19-21(12-16)37-25-23(19)24(29-15-30-25)31-18-4-6-20(28)17(11-18)13-27/h4,6,11,13,15-16,27H,3,5,7-10,12,14,28H2,1-2H3,(H,29,30,31). The van der Waals surface area contributed by atoms with Gasteiger partial charge in [-0.25, -0.2) is 9.97 Å². The lowest BCUT2D eigenvalue weighted by molar-refractivity contribution is -0.138. The Kier molecular flexibility index (Phi) is 7.07. The van der Waals surface area contributed by atoms with Crippen molar-refractivity contribution in [1.29, 1.82) is 5.41 Å². The molecule has 0 saturated carbocycles. The molecule has 2 amide bonds. The number of nitrogens with two attached hydrogens (primary N) is 1. The van der Waals surface area contributed by atoms with Crippen molar-refractivity contribution in [3.63, 3.8) is 0 Å². The van der Waals surface area contributed by atoms with Crippen molar-refractivity contribution in [3.05, 3.63) is 40.5 Å². The molecule has 1 aliphatic carbocycles. The van der Waals surface area contributed by atoms with E-state index in [0.717, 1.165) is 47.7 Å². The highest BCUT2D eigenvalue weighted by Gasteiger charge is 2.33. The van der Waals surface area contributed by atoms with Crippen molar-refractivity contribution in [3.8, 4) is 0 Å². The van der Waals surface area contributed by atoms with Gasteiger partial charge in [-0.2, -0.15) is 0 Å². The number of nitrogens with zero attached hydrogens (tertiary/aromatic N) is 5. The molecule has 37 heavy (non-hydrogen) atoms. The van der Waals surface area contributed by atoms with Gasteiger partial charge in [0.15, 0.2) is 0 Å². The monoisotopic (exact) mass is 520 g/mol. The second kappa shape index (κ2) is 10.4. The molecule has 3 heterocycles. The van der Waals surface area contributed by atoms with Crippen molar-refractivity contribution in [1.82, 2.24) is 24.7 Å². The zero-order chi connectivity index (χ0) is 26.1. The first kappa shape index (κ1) is 25.1. The normalized spacial score (nSPS) is 17.9. The van der Waals surface area contributed by atoms with Crippen molar-refractivity contribution in [2.45, 2.75) is 19.3 Å². The van der Waals surface area contributed by atoms with E-state index in [-0.39, 0.29) is 17.7 Å². The van der Waals surface area contributed by atoms with Gasteiger partial charge in [-0.05, 0) is 43.0 Å². The lowest BCUT2D eigenvalue weighted by Crippen LogP contribution is -2.52. The molecule has 2 aromatic heterocycles. The van der Waals surface area contributed by atoms with Crippen molar-refractivity contribution in [2.75, 3.05) is 57.9 Å². The van der Waals surface area contributed by atoms with Gasteiger partial charge >= 0.3 is 0 Å². The average Bonchev–Trinajstić information content (AvgIpc) is 3.28. The van der Waals surface area contributed by atoms with Crippen molar-refractivity contribution >= 4 is 56.8 Å². The third-order valence-electron chi connectivity index (χ3n) is 7.24. The van der Waals surface area contributed by atoms with Crippen LogP contribution in [-0.4, -0.2) is 89.5 Å². The minimum atomic E-state index is -0.0351. The van der Waals surface area contributed by atoms with Crippen LogP contribution in [0.15, 0.2) is 24.5 Å². The van der Waals surface area contributed by atoms with Gasteiger partial charge in [-0.3, -0.25) is 14.5 Å². The highest BCUT2D eigenvalue weighted by molar-refractivity contribution is 7.19. The first-order chi connectivity index (χ1) is 17.8. The summed E-state index contributed by atoms with van der Waals surface area (Å²) in [4.78, 5) is 42.2. The SMILES string of the molecule is CN(C)C(=O)CN1CCN(C(=O)C2CCc3c(sc4ncnc(Nc5ccc(N)c(C=N)c5)c34)C2)CC1. The van der Waals surface area contributed by atoms with Gasteiger partial charge in [0.25, 0.3) is 0 Å². The molecular formula is C26H32N8O2S. The molecule has 3 aromatic rings. The minimum absolute atomic E-state index is 0.0351. The third-order valence-corrected chi connectivity index (χ3v) is 8.40. The van der Waals surface area contributed by atoms with E-state index < -0.39 is 0 Å². The number of thiophene rings is 1. The van der Waals surface area contributed by atoms with Gasteiger partial charge in [-0.15, -0.1) is 11.3 Å². The van der Waals surface area contributed by atoms with E-state index in [1.165, 1.54) is 16.7 Å². The molecular weight excluding hydrogens is 488 g/mol. The Morgan fingerprint density at radius 1 is 1.24 bits per heavy atom. The number of nitrogen functional groups attached to an aromatic ring is 1. The van der Waals surface area contributed by atoms with Crippen LogP contribution in [-0.2, 0) is 22.4 Å². The Hall–Kier alpha value is -3.57. The first-order valence-electron chi connectivity index (χ1n) is 12.5. The predicted octanol–water partition coefficient (Wildman–Crippen LogP) is 2.35. The fraction of sp³-hybridized carbons (Fsp3) is 0.423. The summed E-state index contributed by atoms with van der Waals surface area (Å²) >= 11 is 1.64. The molecule has 1 atom stereocenters. The van der Waals surface area contributed by atoms with Crippen LogP contribution in [0.5, 0.6) is 0 Å². The van der Waals surface area contributed by atoms with E-state index in [1.54, 1.807) is 42.7 Å². The number of hydrogen-bond donors (Lipinski definition) is 3. The number of aryl methyl sites for hydroxylation is 1. The quantitative estimate of drug-likeness (QED) is 0.336. The summed E-state index contributed by atoms with van der Waals surface area (Å²) in [5.41, 5.74) is 9.17. The van der Waals surface area contributed by atoms with Gasteiger partial charge in [0, 0.05) is 74.2 Å². The molecule has 0 spiro atoms. The van der Waals surface area contributed by atoms with Gasteiger partial charge in [0.1, 0.15) is 17.0 Å². The van der Waals surface area contributed by atoms with Crippen LogP contribution in [0.2, 0.25) is 0 Å². The van der Waals surface area contributed by atoms with E-state index in [1.807, 2.05) is 17.0 Å². The zero-order valence-corrected chi connectivity index (χ0v) is 22.0. The summed E-state index contributed by atoms with van der Waals surface area (Å²) in [6, 6.07) is 5.49. The Morgan fingerprint density at radius 2 is 2.03 bits per heavy atom. The molecule has 1 aromatic carbocycles. The molecule has 194 valence electrons. The summed E-state index contributed by atoms with van der Waals surface area (Å²) < 4.78 is 0. The molecule has 2 aliphatic rings. The maximum Gasteiger partial charge on any atom is 0.236 e. The largest absolute Gasteiger partial charge is 0.398 e. The lowest BCUT2D eigenvalue weighted by atomic mass is 9.86. The molecule has 11 heteroatoms. The van der Waals surface area contributed by atoms with Gasteiger partial charge in [0.05, 0.1) is 11.9 Å². The van der Waals surface area contributed by atoms with Crippen LogP contribution in [0.25, 0.3) is 10.2 Å². The highest BCUT2D eigenvalue weighted by atomic mass is 32.1. The summed E-state index contributed by atoms with van der Waals surface area (Å²) in [5, 5.41) is 12.0. The number of anilines is 3. The van der Waals surface area contributed by atoms with Crippen molar-refractivity contribution < 1.29 is 9.59 Å². The third kappa shape index (κ3) is 5.14. The molecule has 10 nitrogen and oxygen atoms in total. The average molecular weight is 521 g/mol. The fourth-order valence-corrected chi connectivity index (χ4v) is 6.31. The van der Waals surface area contributed by atoms with E-state index >= 15 is 0 Å². The van der Waals surface area contributed by atoms with E-state index in [2.05, 4.69) is 20.2 Å². The number of fused-ring (bicyclic) bond motifs is 3. The maximum absolute atomic E-state index is 13.4. The van der Waals surface area contributed by atoms with Crippen LogP contribution in [0, 0.1) is 11.3 Å². The lowest BCUT2D eigenvalue weighted by Gasteiger charge is -2.37. The Bertz CT molecular complexity index is 1350. The first-order valence-corrected chi connectivity index (χ1v) is 13.3. The second-order valence-electron chi connectivity index (χ2n) is 9.85. The van der Waals surface area contributed by atoms with Crippen LogP contribution < -0.4 is 11.1 Å². The highest BCUT2D eigenvalue weighted by Crippen LogP contribution is 2.41. The molecule has 0 radical (unpaired) electrons. The predicted molar refractivity (Wildman–Crippen MR) is 147 cm³/mol. The summed E-state index contributed by atoms with van der Waals surface area (Å²) in [5.74, 6) is 1.00. The van der Waals surface area contributed by atoms with Crippen LogP contribution in [0.3, 0.4) is 0 Å². The second-order valence-corrected chi connectivity index (χ2v) is 10.9. The van der Waals surface area contributed by atoms with Crippen molar-refractivity contribution in [2.24, 2.45) is 5.92 Å². The number of benzene rings is 1. The van der Waals surface area contributed by atoms with Crippen LogP contribution in [0.1, 0.15) is 22.4 Å². The number of amides is 2. The maximum atomic E-state index is 13.4. The van der Waals surface area contributed by atoms with Crippen LogP contribution in [0.4, 0.5) is 17.2 Å². The zero-order valence-electron chi connectivity index (χ0n) is 21.2. The fourth-order valence-electron chi connectivity index (χ4n) is 5.05. The number of piperazine rings is 1. The summed E-state index contributed by atoms with van der Waals surface area (Å²) in [6.07, 6.45) is 5.12. The Morgan fingerprint density at radius 3 is 2.76 bits per heavy atom. The van der Waals surface area contributed by atoms with E-state index in [0.29, 0.717) is 37.3 Å². The molecule has 1 unspecified atom stereocenters. The molecule has 1 aliphatic heterocycles. The number of hydrogen-bond acceptors (Lipinski definition) is 9. The van der Waals surface area contributed by atoms with Crippen LogP contribution >= 0.6 is 11.3 Å². The Balaban J connectivity index is 1.28. The topological polar surface area (TPSA) is 132 Å². The number of carbonyl (C=O) groups excluding carboxylic acids is 2. The molecule has 0 bridgehead atoms. The molecule has 4 N–H and O–H groups in total. The number of rotatable bonds is 6.